The highest BCUT2D eigenvalue weighted by atomic mass is 79.9. The van der Waals surface area contributed by atoms with Crippen LogP contribution < -0.4 is 10.2 Å². The lowest BCUT2D eigenvalue weighted by Crippen LogP contribution is -2.17. The first-order valence-electron chi connectivity index (χ1n) is 7.49. The van der Waals surface area contributed by atoms with Crippen molar-refractivity contribution in [3.05, 3.63) is 76.5 Å². The van der Waals surface area contributed by atoms with Crippen molar-refractivity contribution in [2.24, 2.45) is 5.10 Å². The van der Waals surface area contributed by atoms with Crippen molar-refractivity contribution >= 4 is 28.1 Å². The molecule has 0 radical (unpaired) electrons. The predicted molar refractivity (Wildman–Crippen MR) is 99.9 cm³/mol. The summed E-state index contributed by atoms with van der Waals surface area (Å²) in [5.41, 5.74) is 3.89. The lowest BCUT2D eigenvalue weighted by molar-refractivity contribution is 0.0955. The Bertz CT molecular complexity index is 901. The number of rotatable bonds is 5. The maximum atomic E-state index is 12.0. The number of amides is 1. The summed E-state index contributed by atoms with van der Waals surface area (Å²) in [7, 11) is 1.55. The molecule has 5 nitrogen and oxygen atoms in total. The fourth-order valence-corrected chi connectivity index (χ4v) is 2.44. The molecule has 3 rings (SSSR count). The number of carbonyl (C=O) groups excluding carboxylic acids is 1. The number of methoxy groups -OCH3 is 1. The molecule has 0 aliphatic heterocycles. The number of furan rings is 1. The van der Waals surface area contributed by atoms with Gasteiger partial charge in [-0.3, -0.25) is 4.79 Å². The van der Waals surface area contributed by atoms with E-state index in [1.807, 2.05) is 30.3 Å². The second kappa shape index (κ2) is 7.81. The van der Waals surface area contributed by atoms with Gasteiger partial charge in [-0.2, -0.15) is 5.10 Å². The van der Waals surface area contributed by atoms with Crippen LogP contribution in [0.15, 0.2) is 74.7 Å². The fourth-order valence-electron chi connectivity index (χ4n) is 2.17. The number of nitrogens with one attached hydrogen (secondary N) is 1. The average Bonchev–Trinajstić information content (AvgIpc) is 3.11. The number of carbonyl (C=O) groups is 1. The largest absolute Gasteiger partial charge is 0.497 e. The number of hydrogen-bond donors (Lipinski definition) is 1. The number of halogens is 1. The number of benzene rings is 2. The van der Waals surface area contributed by atoms with Crippen LogP contribution in [0.4, 0.5) is 0 Å². The molecule has 1 amide bonds. The van der Waals surface area contributed by atoms with Crippen LogP contribution in [0.2, 0.25) is 0 Å². The van der Waals surface area contributed by atoms with Gasteiger partial charge in [0, 0.05) is 15.6 Å². The summed E-state index contributed by atoms with van der Waals surface area (Å²) in [6.07, 6.45) is 1.46. The summed E-state index contributed by atoms with van der Waals surface area (Å²) >= 11 is 3.40. The Balaban J connectivity index is 1.64. The van der Waals surface area contributed by atoms with Gasteiger partial charge in [0.25, 0.3) is 5.91 Å². The molecule has 0 bridgehead atoms. The zero-order valence-corrected chi connectivity index (χ0v) is 15.0. The third-order valence-corrected chi connectivity index (χ3v) is 3.97. The molecule has 1 N–H and O–H groups in total. The Morgan fingerprint density at radius 3 is 2.72 bits per heavy atom. The molecule has 25 heavy (non-hydrogen) atoms. The van der Waals surface area contributed by atoms with Crippen LogP contribution in [0, 0.1) is 0 Å². The molecule has 0 fully saturated rings. The molecule has 2 aromatic carbocycles. The monoisotopic (exact) mass is 398 g/mol. The van der Waals surface area contributed by atoms with Gasteiger partial charge in [-0.1, -0.05) is 34.1 Å². The van der Waals surface area contributed by atoms with Crippen LogP contribution in [0.25, 0.3) is 11.3 Å². The number of hydrogen-bond acceptors (Lipinski definition) is 4. The molecule has 1 aromatic heterocycles. The van der Waals surface area contributed by atoms with E-state index >= 15 is 0 Å². The highest BCUT2D eigenvalue weighted by Crippen LogP contribution is 2.23. The second-order valence-corrected chi connectivity index (χ2v) is 6.06. The van der Waals surface area contributed by atoms with Gasteiger partial charge in [-0.05, 0) is 42.5 Å². The minimum Gasteiger partial charge on any atom is -0.497 e. The minimum atomic E-state index is -0.324. The molecule has 0 saturated heterocycles. The molecule has 0 saturated carbocycles. The van der Waals surface area contributed by atoms with Crippen molar-refractivity contribution in [2.45, 2.75) is 0 Å². The second-order valence-electron chi connectivity index (χ2n) is 5.14. The Kier molecular flexibility index (Phi) is 5.30. The molecule has 0 atom stereocenters. The van der Waals surface area contributed by atoms with Crippen LogP contribution in [0.5, 0.6) is 5.75 Å². The standard InChI is InChI=1S/C19H15BrN2O3/c1-24-16-4-2-3-14(11-16)19(23)22-21-12-17-9-10-18(25-17)13-5-7-15(20)8-6-13/h2-12H,1H3,(H,22,23)/b21-12-. The molecular formula is C19H15BrN2O3. The minimum absolute atomic E-state index is 0.324. The van der Waals surface area contributed by atoms with Crippen molar-refractivity contribution in [3.8, 4) is 17.1 Å². The highest BCUT2D eigenvalue weighted by Gasteiger charge is 2.06. The third kappa shape index (κ3) is 4.36. The molecule has 0 spiro atoms. The molecule has 1 heterocycles. The van der Waals surface area contributed by atoms with Crippen LogP contribution in [-0.2, 0) is 0 Å². The van der Waals surface area contributed by atoms with E-state index in [1.165, 1.54) is 6.21 Å². The van der Waals surface area contributed by atoms with Gasteiger partial charge in [-0.15, -0.1) is 0 Å². The summed E-state index contributed by atoms with van der Waals surface area (Å²) in [6.45, 7) is 0. The number of ether oxygens (including phenoxy) is 1. The zero-order valence-electron chi connectivity index (χ0n) is 13.4. The molecular weight excluding hydrogens is 384 g/mol. The first-order valence-corrected chi connectivity index (χ1v) is 8.28. The van der Waals surface area contributed by atoms with Crippen molar-refractivity contribution in [1.29, 1.82) is 0 Å². The van der Waals surface area contributed by atoms with Crippen LogP contribution in [0.1, 0.15) is 16.1 Å². The molecule has 3 aromatic rings. The van der Waals surface area contributed by atoms with Crippen LogP contribution in [-0.4, -0.2) is 19.2 Å². The number of hydrazone groups is 1. The van der Waals surface area contributed by atoms with Crippen LogP contribution >= 0.6 is 15.9 Å². The Labute approximate surface area is 153 Å². The topological polar surface area (TPSA) is 63.8 Å². The van der Waals surface area contributed by atoms with Gasteiger partial charge in [0.15, 0.2) is 0 Å². The molecule has 126 valence electrons. The molecule has 0 aliphatic carbocycles. The predicted octanol–water partition coefficient (Wildman–Crippen LogP) is 4.48. The zero-order chi connectivity index (χ0) is 17.6. The van der Waals surface area contributed by atoms with E-state index in [9.17, 15) is 4.79 Å². The van der Waals surface area contributed by atoms with E-state index in [4.69, 9.17) is 9.15 Å². The van der Waals surface area contributed by atoms with Crippen molar-refractivity contribution < 1.29 is 13.9 Å². The van der Waals surface area contributed by atoms with E-state index in [1.54, 1.807) is 37.4 Å². The lowest BCUT2D eigenvalue weighted by Gasteiger charge is -2.02. The van der Waals surface area contributed by atoms with Gasteiger partial charge >= 0.3 is 0 Å². The van der Waals surface area contributed by atoms with Gasteiger partial charge in [0.1, 0.15) is 17.3 Å². The van der Waals surface area contributed by atoms with Gasteiger partial charge in [-0.25, -0.2) is 5.43 Å². The van der Waals surface area contributed by atoms with Gasteiger partial charge < -0.3 is 9.15 Å². The van der Waals surface area contributed by atoms with E-state index in [-0.39, 0.29) is 5.91 Å². The Morgan fingerprint density at radius 2 is 1.96 bits per heavy atom. The van der Waals surface area contributed by atoms with Gasteiger partial charge in [0.2, 0.25) is 0 Å². The lowest BCUT2D eigenvalue weighted by atomic mass is 10.2. The maximum Gasteiger partial charge on any atom is 0.271 e. The third-order valence-electron chi connectivity index (χ3n) is 3.45. The van der Waals surface area contributed by atoms with Gasteiger partial charge in [0.05, 0.1) is 13.3 Å². The SMILES string of the molecule is COc1cccc(C(=O)N/N=C\c2ccc(-c3ccc(Br)cc3)o2)c1. The van der Waals surface area contributed by atoms with E-state index in [2.05, 4.69) is 26.5 Å². The summed E-state index contributed by atoms with van der Waals surface area (Å²) in [6, 6.07) is 18.3. The smallest absolute Gasteiger partial charge is 0.271 e. The quantitative estimate of drug-likeness (QED) is 0.508. The molecule has 0 unspecified atom stereocenters. The molecule has 6 heteroatoms. The Morgan fingerprint density at radius 1 is 1.16 bits per heavy atom. The maximum absolute atomic E-state index is 12.0. The number of nitrogens with zero attached hydrogens (tertiary/aromatic N) is 1. The summed E-state index contributed by atoms with van der Waals surface area (Å²) in [5.74, 6) is 1.56. The highest BCUT2D eigenvalue weighted by molar-refractivity contribution is 9.10. The fraction of sp³-hybridized carbons (Fsp3) is 0.0526. The molecule has 0 aliphatic rings. The summed E-state index contributed by atoms with van der Waals surface area (Å²) in [5, 5.41) is 3.93. The Hall–Kier alpha value is -2.86. The summed E-state index contributed by atoms with van der Waals surface area (Å²) < 4.78 is 11.8. The van der Waals surface area contributed by atoms with E-state index in [0.29, 0.717) is 17.1 Å². The average molecular weight is 399 g/mol. The van der Waals surface area contributed by atoms with Crippen LogP contribution in [0.3, 0.4) is 0 Å². The first-order chi connectivity index (χ1) is 12.2. The van der Waals surface area contributed by atoms with Crippen molar-refractivity contribution in [3.63, 3.8) is 0 Å². The van der Waals surface area contributed by atoms with Crippen molar-refractivity contribution in [2.75, 3.05) is 7.11 Å². The normalized spacial score (nSPS) is 10.8. The van der Waals surface area contributed by atoms with Crippen molar-refractivity contribution in [1.82, 2.24) is 5.43 Å². The summed E-state index contributed by atoms with van der Waals surface area (Å²) in [4.78, 5) is 12.0. The first kappa shape index (κ1) is 17.0. The van der Waals surface area contributed by atoms with E-state index in [0.717, 1.165) is 15.8 Å². The van der Waals surface area contributed by atoms with E-state index < -0.39 is 0 Å².